The zero-order valence-corrected chi connectivity index (χ0v) is 16.2. The third kappa shape index (κ3) is 2.83. The van der Waals surface area contributed by atoms with Gasteiger partial charge in [0, 0.05) is 17.2 Å². The van der Waals surface area contributed by atoms with E-state index in [1.807, 2.05) is 0 Å². The van der Waals surface area contributed by atoms with E-state index in [0.717, 1.165) is 0 Å². The van der Waals surface area contributed by atoms with E-state index in [9.17, 15) is 13.9 Å². The lowest BCUT2D eigenvalue weighted by atomic mass is 10.1. The van der Waals surface area contributed by atoms with Gasteiger partial charge in [-0.2, -0.15) is 0 Å². The molecule has 0 saturated heterocycles. The van der Waals surface area contributed by atoms with E-state index < -0.39 is 18.2 Å². The number of halogens is 3. The Bertz CT molecular complexity index is 1230. The van der Waals surface area contributed by atoms with Crippen LogP contribution in [-0.4, -0.2) is 34.3 Å². The van der Waals surface area contributed by atoms with Crippen LogP contribution in [0.5, 0.6) is 11.6 Å². The number of aliphatic hydroxyl groups excluding tert-OH is 1. The number of benzene rings is 2. The van der Waals surface area contributed by atoms with Gasteiger partial charge < -0.3 is 14.6 Å². The topological polar surface area (TPSA) is 77.4 Å². The fourth-order valence-corrected chi connectivity index (χ4v) is 4.12. The number of ether oxygens (including phenoxy) is 2. The zero-order valence-electron chi connectivity index (χ0n) is 14.6. The maximum Gasteiger partial charge on any atom is 0.232 e. The van der Waals surface area contributed by atoms with Gasteiger partial charge >= 0.3 is 0 Å². The van der Waals surface area contributed by atoms with Gasteiger partial charge in [-0.05, 0) is 6.07 Å². The number of nitrogens with zero attached hydrogens (tertiary/aromatic N) is 3. The van der Waals surface area contributed by atoms with Gasteiger partial charge in [0.15, 0.2) is 17.4 Å². The lowest BCUT2D eigenvalue weighted by molar-refractivity contribution is 0.276. The average Bonchev–Trinajstić information content (AvgIpc) is 3.15. The summed E-state index contributed by atoms with van der Waals surface area (Å²) in [6.07, 6.45) is 1.35. The fourth-order valence-electron chi connectivity index (χ4n) is 2.80. The van der Waals surface area contributed by atoms with Crippen molar-refractivity contribution in [3.63, 3.8) is 0 Å². The van der Waals surface area contributed by atoms with Crippen molar-refractivity contribution in [1.82, 2.24) is 15.0 Å². The highest BCUT2D eigenvalue weighted by molar-refractivity contribution is 7.21. The normalized spacial score (nSPS) is 11.4. The molecule has 144 valence electrons. The molecule has 0 radical (unpaired) electrons. The monoisotopic (exact) mass is 423 g/mol. The van der Waals surface area contributed by atoms with Gasteiger partial charge in [0.25, 0.3) is 0 Å². The molecule has 0 spiro atoms. The number of thiazole rings is 1. The summed E-state index contributed by atoms with van der Waals surface area (Å²) in [7, 11) is 2.73. The summed E-state index contributed by atoms with van der Waals surface area (Å²) in [6.45, 7) is -0.540. The van der Waals surface area contributed by atoms with Crippen LogP contribution in [0.15, 0.2) is 18.3 Å². The molecule has 0 amide bonds. The molecule has 0 aliphatic carbocycles. The number of rotatable bonds is 4. The Morgan fingerprint density at radius 1 is 1.07 bits per heavy atom. The van der Waals surface area contributed by atoms with Gasteiger partial charge in [-0.25, -0.2) is 23.7 Å². The first-order valence-electron chi connectivity index (χ1n) is 7.94. The number of hydrogen-bond donors (Lipinski definition) is 1. The largest absolute Gasteiger partial charge is 0.494 e. The first-order chi connectivity index (χ1) is 13.5. The Morgan fingerprint density at radius 2 is 1.86 bits per heavy atom. The average molecular weight is 424 g/mol. The molecular formula is C18H12ClF2N3O3S. The van der Waals surface area contributed by atoms with Crippen LogP contribution in [0.3, 0.4) is 0 Å². The molecule has 2 aromatic carbocycles. The van der Waals surface area contributed by atoms with Crippen molar-refractivity contribution < 1.29 is 23.4 Å². The highest BCUT2D eigenvalue weighted by Gasteiger charge is 2.21. The summed E-state index contributed by atoms with van der Waals surface area (Å²) >= 11 is 7.30. The van der Waals surface area contributed by atoms with Crippen LogP contribution >= 0.6 is 22.9 Å². The molecule has 0 unspecified atom stereocenters. The summed E-state index contributed by atoms with van der Waals surface area (Å²) in [4.78, 5) is 12.7. The second-order valence-corrected chi connectivity index (χ2v) is 7.15. The molecule has 0 atom stereocenters. The van der Waals surface area contributed by atoms with E-state index in [-0.39, 0.29) is 38.8 Å². The number of aromatic nitrogens is 3. The summed E-state index contributed by atoms with van der Waals surface area (Å²) in [5.41, 5.74) is 0.893. The fraction of sp³-hybridized carbons (Fsp3) is 0.167. The van der Waals surface area contributed by atoms with Crippen molar-refractivity contribution in [1.29, 1.82) is 0 Å². The van der Waals surface area contributed by atoms with Crippen molar-refractivity contribution in [2.24, 2.45) is 0 Å². The molecule has 0 aliphatic rings. The van der Waals surface area contributed by atoms with Crippen molar-refractivity contribution >= 4 is 44.2 Å². The van der Waals surface area contributed by atoms with Crippen LogP contribution in [0.25, 0.3) is 31.8 Å². The number of aliphatic hydroxyl groups is 1. The van der Waals surface area contributed by atoms with E-state index in [1.165, 1.54) is 43.9 Å². The molecule has 1 N–H and O–H groups in total. The zero-order chi connectivity index (χ0) is 20.0. The van der Waals surface area contributed by atoms with Crippen LogP contribution in [0.1, 0.15) is 5.56 Å². The molecule has 0 saturated carbocycles. The third-order valence-electron chi connectivity index (χ3n) is 4.18. The van der Waals surface area contributed by atoms with E-state index >= 15 is 0 Å². The van der Waals surface area contributed by atoms with Gasteiger partial charge in [-0.1, -0.05) is 11.6 Å². The molecule has 10 heteroatoms. The minimum Gasteiger partial charge on any atom is -0.494 e. The second kappa shape index (κ2) is 7.08. The summed E-state index contributed by atoms with van der Waals surface area (Å²) < 4.78 is 39.5. The highest BCUT2D eigenvalue weighted by atomic mass is 35.5. The van der Waals surface area contributed by atoms with Crippen LogP contribution < -0.4 is 9.47 Å². The minimum atomic E-state index is -0.710. The van der Waals surface area contributed by atoms with Crippen LogP contribution in [-0.2, 0) is 6.61 Å². The number of hydrogen-bond acceptors (Lipinski definition) is 7. The summed E-state index contributed by atoms with van der Waals surface area (Å²) in [5.74, 6) is -1.28. The third-order valence-corrected chi connectivity index (χ3v) is 5.56. The minimum absolute atomic E-state index is 0.00256. The van der Waals surface area contributed by atoms with E-state index in [4.69, 9.17) is 21.1 Å². The molecule has 0 fully saturated rings. The smallest absolute Gasteiger partial charge is 0.232 e. The summed E-state index contributed by atoms with van der Waals surface area (Å²) in [6, 6.07) is 2.93. The maximum absolute atomic E-state index is 14.7. The Hall–Kier alpha value is -2.62. The van der Waals surface area contributed by atoms with Gasteiger partial charge in [-0.15, -0.1) is 11.3 Å². The van der Waals surface area contributed by atoms with Gasteiger partial charge in [0.1, 0.15) is 26.6 Å². The Kier molecular flexibility index (Phi) is 4.74. The predicted molar refractivity (Wildman–Crippen MR) is 102 cm³/mol. The van der Waals surface area contributed by atoms with Crippen LogP contribution in [0.2, 0.25) is 5.02 Å². The standard InChI is InChI=1S/C18H12ClF2N3O3S/c1-26-9-4-10-16(12(19)14(9)21)24-18(28-10)8-3-7(6-25)13(20)17-15(8)22-5-11(23-17)27-2/h3-5,25H,6H2,1-2H3. The Labute approximate surface area is 166 Å². The van der Waals surface area contributed by atoms with E-state index in [2.05, 4.69) is 15.0 Å². The molecule has 2 heterocycles. The quantitative estimate of drug-likeness (QED) is 0.526. The molecule has 0 aliphatic heterocycles. The first-order valence-corrected chi connectivity index (χ1v) is 9.13. The summed E-state index contributed by atoms with van der Waals surface area (Å²) in [5, 5.41) is 9.79. The molecule has 0 bridgehead atoms. The first kappa shape index (κ1) is 18.7. The number of methoxy groups -OCH3 is 2. The number of fused-ring (bicyclic) bond motifs is 2. The molecule has 2 aromatic heterocycles. The molecule has 4 rings (SSSR count). The molecule has 4 aromatic rings. The maximum atomic E-state index is 14.7. The Balaban J connectivity index is 2.03. The lowest BCUT2D eigenvalue weighted by Gasteiger charge is -2.09. The van der Waals surface area contributed by atoms with Gasteiger partial charge in [0.2, 0.25) is 5.88 Å². The molecular weight excluding hydrogens is 412 g/mol. The highest BCUT2D eigenvalue weighted by Crippen LogP contribution is 2.41. The van der Waals surface area contributed by atoms with Crippen LogP contribution in [0, 0.1) is 11.6 Å². The van der Waals surface area contributed by atoms with Crippen molar-refractivity contribution in [2.75, 3.05) is 14.2 Å². The molecule has 6 nitrogen and oxygen atoms in total. The van der Waals surface area contributed by atoms with Crippen molar-refractivity contribution in [3.8, 4) is 22.2 Å². The molecule has 28 heavy (non-hydrogen) atoms. The van der Waals surface area contributed by atoms with Gasteiger partial charge in [0.05, 0.1) is 31.7 Å². The Morgan fingerprint density at radius 3 is 2.54 bits per heavy atom. The van der Waals surface area contributed by atoms with Gasteiger partial charge in [-0.3, -0.25) is 0 Å². The van der Waals surface area contributed by atoms with E-state index in [1.54, 1.807) is 0 Å². The predicted octanol–water partition coefficient (Wildman–Crippen LogP) is 4.35. The lowest BCUT2D eigenvalue weighted by Crippen LogP contribution is -1.99. The SMILES string of the molecule is COc1cnc2c(-c3nc4c(Cl)c(F)c(OC)cc4s3)cc(CO)c(F)c2n1. The van der Waals surface area contributed by atoms with Crippen molar-refractivity contribution in [3.05, 3.63) is 40.6 Å². The van der Waals surface area contributed by atoms with Crippen LogP contribution in [0.4, 0.5) is 8.78 Å². The van der Waals surface area contributed by atoms with Crippen molar-refractivity contribution in [2.45, 2.75) is 6.61 Å². The second-order valence-electron chi connectivity index (χ2n) is 5.74. The van der Waals surface area contributed by atoms with E-state index in [0.29, 0.717) is 15.3 Å².